The summed E-state index contributed by atoms with van der Waals surface area (Å²) in [7, 11) is 3.15. The topological polar surface area (TPSA) is 71.1 Å². The molecule has 3 rings (SSSR count). The Hall–Kier alpha value is -2.44. The van der Waals surface area contributed by atoms with Crippen LogP contribution >= 0.6 is 0 Å². The van der Waals surface area contributed by atoms with Crippen molar-refractivity contribution in [2.45, 2.75) is 38.1 Å². The molecule has 1 saturated carbocycles. The average Bonchev–Trinajstić information content (AvgIpc) is 3.02. The van der Waals surface area contributed by atoms with Gasteiger partial charge in [-0.3, -0.25) is 9.69 Å². The molecule has 0 spiro atoms. The zero-order valence-corrected chi connectivity index (χ0v) is 15.5. The van der Waals surface area contributed by atoms with Crippen LogP contribution in [0.2, 0.25) is 0 Å². The molecule has 2 fully saturated rings. The predicted molar refractivity (Wildman–Crippen MR) is 98.9 cm³/mol. The van der Waals surface area contributed by atoms with E-state index in [1.165, 1.54) is 6.42 Å². The Morgan fingerprint density at radius 3 is 2.62 bits per heavy atom. The van der Waals surface area contributed by atoms with Gasteiger partial charge in [-0.25, -0.2) is 4.79 Å². The highest BCUT2D eigenvalue weighted by Crippen LogP contribution is 2.34. The second-order valence-corrected chi connectivity index (χ2v) is 6.80. The number of hydrogen-bond acceptors (Lipinski definition) is 4. The third-order valence-corrected chi connectivity index (χ3v) is 5.08. The standard InChI is InChI=1S/C19H27N3O4/c1-25-15-8-9-17(26-2)16(12-15)22-11-10-21(19(22)24)13-18(23)20-14-6-4-3-5-7-14/h8-9,12,14H,3-7,10-11,13H2,1-2H3,(H,20,23). The Labute approximate surface area is 154 Å². The number of methoxy groups -OCH3 is 2. The molecule has 7 nitrogen and oxygen atoms in total. The maximum absolute atomic E-state index is 12.8. The third-order valence-electron chi connectivity index (χ3n) is 5.08. The summed E-state index contributed by atoms with van der Waals surface area (Å²) in [6, 6.07) is 5.42. The molecule has 1 aromatic rings. The molecule has 0 bridgehead atoms. The highest BCUT2D eigenvalue weighted by atomic mass is 16.5. The molecular formula is C19H27N3O4. The van der Waals surface area contributed by atoms with Crippen molar-refractivity contribution in [2.75, 3.05) is 38.8 Å². The third kappa shape index (κ3) is 4.03. The van der Waals surface area contributed by atoms with Crippen LogP contribution in [0.5, 0.6) is 11.5 Å². The summed E-state index contributed by atoms with van der Waals surface area (Å²) in [5.74, 6) is 1.18. The molecule has 1 aliphatic carbocycles. The maximum atomic E-state index is 12.8. The summed E-state index contributed by atoms with van der Waals surface area (Å²) in [6.07, 6.45) is 5.64. The summed E-state index contributed by atoms with van der Waals surface area (Å²) >= 11 is 0. The lowest BCUT2D eigenvalue weighted by Crippen LogP contribution is -2.44. The zero-order chi connectivity index (χ0) is 18.5. The number of ether oxygens (including phenoxy) is 2. The maximum Gasteiger partial charge on any atom is 0.325 e. The first-order chi connectivity index (χ1) is 12.6. The van der Waals surface area contributed by atoms with Crippen molar-refractivity contribution >= 4 is 17.6 Å². The molecule has 2 aliphatic rings. The van der Waals surface area contributed by atoms with E-state index in [0.717, 1.165) is 25.7 Å². The monoisotopic (exact) mass is 361 g/mol. The van der Waals surface area contributed by atoms with Crippen molar-refractivity contribution in [3.05, 3.63) is 18.2 Å². The molecule has 0 aromatic heterocycles. The smallest absolute Gasteiger partial charge is 0.325 e. The van der Waals surface area contributed by atoms with Crippen molar-refractivity contribution in [2.24, 2.45) is 0 Å². The number of urea groups is 1. The number of rotatable bonds is 6. The normalized spacial score (nSPS) is 18.2. The number of carbonyl (C=O) groups excluding carboxylic acids is 2. The van der Waals surface area contributed by atoms with Crippen molar-refractivity contribution in [3.8, 4) is 11.5 Å². The summed E-state index contributed by atoms with van der Waals surface area (Å²) < 4.78 is 10.6. The Morgan fingerprint density at radius 2 is 1.92 bits per heavy atom. The van der Waals surface area contributed by atoms with Gasteiger partial charge in [0.2, 0.25) is 5.91 Å². The van der Waals surface area contributed by atoms with E-state index in [0.29, 0.717) is 30.3 Å². The second-order valence-electron chi connectivity index (χ2n) is 6.80. The number of carbonyl (C=O) groups is 2. The van der Waals surface area contributed by atoms with Gasteiger partial charge in [-0.1, -0.05) is 19.3 Å². The Kier molecular flexibility index (Phi) is 5.85. The highest BCUT2D eigenvalue weighted by molar-refractivity contribution is 5.97. The minimum atomic E-state index is -0.185. The molecule has 1 saturated heterocycles. The molecule has 142 valence electrons. The van der Waals surface area contributed by atoms with Crippen LogP contribution in [0, 0.1) is 0 Å². The first-order valence-corrected chi connectivity index (χ1v) is 9.20. The largest absolute Gasteiger partial charge is 0.497 e. The molecule has 1 heterocycles. The van der Waals surface area contributed by atoms with Crippen LogP contribution in [-0.4, -0.2) is 56.7 Å². The van der Waals surface area contributed by atoms with Crippen LogP contribution in [0.15, 0.2) is 18.2 Å². The first-order valence-electron chi connectivity index (χ1n) is 9.20. The highest BCUT2D eigenvalue weighted by Gasteiger charge is 2.33. The molecule has 26 heavy (non-hydrogen) atoms. The van der Waals surface area contributed by atoms with Crippen LogP contribution < -0.4 is 19.7 Å². The lowest BCUT2D eigenvalue weighted by Gasteiger charge is -2.24. The molecule has 0 radical (unpaired) electrons. The molecule has 1 N–H and O–H groups in total. The summed E-state index contributed by atoms with van der Waals surface area (Å²) in [4.78, 5) is 28.3. The first kappa shape index (κ1) is 18.4. The molecule has 7 heteroatoms. The Bertz CT molecular complexity index is 658. The second kappa shape index (κ2) is 8.29. The minimum Gasteiger partial charge on any atom is -0.497 e. The van der Waals surface area contributed by atoms with E-state index in [-0.39, 0.29) is 24.5 Å². The molecule has 1 aliphatic heterocycles. The number of amides is 3. The summed E-state index contributed by atoms with van der Waals surface area (Å²) in [5.41, 5.74) is 0.659. The lowest BCUT2D eigenvalue weighted by atomic mass is 9.95. The van der Waals surface area contributed by atoms with E-state index in [2.05, 4.69) is 5.32 Å². The number of anilines is 1. The van der Waals surface area contributed by atoms with Gasteiger partial charge in [0.15, 0.2) is 0 Å². The lowest BCUT2D eigenvalue weighted by molar-refractivity contribution is -0.122. The van der Waals surface area contributed by atoms with Gasteiger partial charge in [0.1, 0.15) is 18.0 Å². The van der Waals surface area contributed by atoms with Gasteiger partial charge in [-0.05, 0) is 25.0 Å². The number of nitrogens with zero attached hydrogens (tertiary/aromatic N) is 2. The molecule has 0 atom stereocenters. The van der Waals surface area contributed by atoms with Gasteiger partial charge in [-0.2, -0.15) is 0 Å². The van der Waals surface area contributed by atoms with Crippen molar-refractivity contribution in [1.29, 1.82) is 0 Å². The molecule has 1 aromatic carbocycles. The van der Waals surface area contributed by atoms with E-state index in [1.807, 2.05) is 0 Å². The van der Waals surface area contributed by atoms with Crippen molar-refractivity contribution in [3.63, 3.8) is 0 Å². The van der Waals surface area contributed by atoms with Crippen LogP contribution in [0.3, 0.4) is 0 Å². The minimum absolute atomic E-state index is 0.0790. The van der Waals surface area contributed by atoms with E-state index < -0.39 is 0 Å². The predicted octanol–water partition coefficient (Wildman–Crippen LogP) is 2.39. The van der Waals surface area contributed by atoms with Crippen molar-refractivity contribution < 1.29 is 19.1 Å². The SMILES string of the molecule is COc1ccc(OC)c(N2CCN(CC(=O)NC3CCCCC3)C2=O)c1. The van der Waals surface area contributed by atoms with Gasteiger partial charge in [0, 0.05) is 25.2 Å². The fraction of sp³-hybridized carbons (Fsp3) is 0.579. The summed E-state index contributed by atoms with van der Waals surface area (Å²) in [5, 5.41) is 3.07. The van der Waals surface area contributed by atoms with E-state index >= 15 is 0 Å². The fourth-order valence-corrected chi connectivity index (χ4v) is 3.65. The van der Waals surface area contributed by atoms with Crippen LogP contribution in [-0.2, 0) is 4.79 Å². The van der Waals surface area contributed by atoms with Gasteiger partial charge in [0.25, 0.3) is 0 Å². The van der Waals surface area contributed by atoms with Gasteiger partial charge in [0.05, 0.1) is 19.9 Å². The zero-order valence-electron chi connectivity index (χ0n) is 15.5. The van der Waals surface area contributed by atoms with Crippen LogP contribution in [0.25, 0.3) is 0 Å². The number of benzene rings is 1. The molecular weight excluding hydrogens is 334 g/mol. The number of nitrogens with one attached hydrogen (secondary N) is 1. The van der Waals surface area contributed by atoms with E-state index in [9.17, 15) is 9.59 Å². The molecule has 0 unspecified atom stereocenters. The van der Waals surface area contributed by atoms with E-state index in [4.69, 9.17) is 9.47 Å². The number of hydrogen-bond donors (Lipinski definition) is 1. The van der Waals surface area contributed by atoms with E-state index in [1.54, 1.807) is 42.2 Å². The fourth-order valence-electron chi connectivity index (χ4n) is 3.65. The quantitative estimate of drug-likeness (QED) is 0.845. The van der Waals surface area contributed by atoms with Gasteiger partial charge >= 0.3 is 6.03 Å². The molecule has 3 amide bonds. The summed E-state index contributed by atoms with van der Waals surface area (Å²) in [6.45, 7) is 1.12. The Morgan fingerprint density at radius 1 is 1.15 bits per heavy atom. The average molecular weight is 361 g/mol. The Balaban J connectivity index is 1.63. The van der Waals surface area contributed by atoms with Crippen LogP contribution in [0.1, 0.15) is 32.1 Å². The van der Waals surface area contributed by atoms with Gasteiger partial charge in [-0.15, -0.1) is 0 Å². The van der Waals surface area contributed by atoms with Crippen molar-refractivity contribution in [1.82, 2.24) is 10.2 Å². The van der Waals surface area contributed by atoms with Gasteiger partial charge < -0.3 is 19.7 Å². The van der Waals surface area contributed by atoms with Crippen LogP contribution in [0.4, 0.5) is 10.5 Å².